The predicted octanol–water partition coefficient (Wildman–Crippen LogP) is 3.74. The van der Waals surface area contributed by atoms with Crippen molar-refractivity contribution >= 4 is 29.0 Å². The van der Waals surface area contributed by atoms with Crippen LogP contribution < -0.4 is 5.32 Å². The van der Waals surface area contributed by atoms with Gasteiger partial charge < -0.3 is 5.32 Å². The Labute approximate surface area is 144 Å². The van der Waals surface area contributed by atoms with Crippen molar-refractivity contribution in [3.8, 4) is 10.7 Å². The van der Waals surface area contributed by atoms with Crippen molar-refractivity contribution < 1.29 is 4.79 Å². The van der Waals surface area contributed by atoms with E-state index in [4.69, 9.17) is 0 Å². The van der Waals surface area contributed by atoms with E-state index in [1.165, 1.54) is 24.6 Å². The number of amides is 1. The van der Waals surface area contributed by atoms with Crippen LogP contribution in [0.1, 0.15) is 45.6 Å². The normalized spacial score (nSPS) is 15.4. The number of aromatic nitrogens is 3. The van der Waals surface area contributed by atoms with Gasteiger partial charge in [-0.25, -0.2) is 0 Å². The number of thioether (sulfide) groups is 1. The Morgan fingerprint density at radius 3 is 2.87 bits per heavy atom. The van der Waals surface area contributed by atoms with E-state index in [9.17, 15) is 4.79 Å². The first-order chi connectivity index (χ1) is 11.1. The number of hydrogen-bond acceptors (Lipinski definition) is 5. The summed E-state index contributed by atoms with van der Waals surface area (Å²) < 4.78 is 2.11. The molecule has 1 amide bonds. The second-order valence-corrected chi connectivity index (χ2v) is 7.97. The Kier molecular flexibility index (Phi) is 5.38. The van der Waals surface area contributed by atoms with Crippen LogP contribution in [0, 0.1) is 0 Å². The Balaban J connectivity index is 1.66. The summed E-state index contributed by atoms with van der Waals surface area (Å²) in [5.74, 6) is 1.37. The van der Waals surface area contributed by atoms with Gasteiger partial charge in [0, 0.05) is 12.1 Å². The number of thiophene rings is 1. The zero-order valence-electron chi connectivity index (χ0n) is 13.5. The molecule has 7 heteroatoms. The number of rotatable bonds is 6. The van der Waals surface area contributed by atoms with E-state index in [1.807, 2.05) is 11.4 Å². The Hall–Kier alpha value is -1.34. The molecule has 0 saturated heterocycles. The largest absolute Gasteiger partial charge is 0.353 e. The quantitative estimate of drug-likeness (QED) is 0.806. The highest BCUT2D eigenvalue weighted by Gasteiger charge is 2.20. The molecule has 124 valence electrons. The van der Waals surface area contributed by atoms with E-state index in [2.05, 4.69) is 40.0 Å². The van der Waals surface area contributed by atoms with E-state index in [1.54, 1.807) is 11.3 Å². The molecule has 3 rings (SSSR count). The third kappa shape index (κ3) is 3.95. The summed E-state index contributed by atoms with van der Waals surface area (Å²) in [4.78, 5) is 13.2. The maximum absolute atomic E-state index is 12.1. The molecule has 1 saturated carbocycles. The first-order valence-electron chi connectivity index (χ1n) is 8.06. The van der Waals surface area contributed by atoms with Crippen molar-refractivity contribution in [2.24, 2.45) is 0 Å². The van der Waals surface area contributed by atoms with Crippen LogP contribution in [-0.4, -0.2) is 32.5 Å². The van der Waals surface area contributed by atoms with Crippen LogP contribution in [0.2, 0.25) is 0 Å². The summed E-state index contributed by atoms with van der Waals surface area (Å²) >= 11 is 3.12. The summed E-state index contributed by atoms with van der Waals surface area (Å²) in [5.41, 5.74) is 0. The first-order valence-corrected chi connectivity index (χ1v) is 9.92. The van der Waals surface area contributed by atoms with Crippen LogP contribution in [0.5, 0.6) is 0 Å². The molecule has 0 unspecified atom stereocenters. The van der Waals surface area contributed by atoms with Crippen LogP contribution in [0.3, 0.4) is 0 Å². The molecule has 1 aliphatic carbocycles. The minimum atomic E-state index is 0.0953. The highest BCUT2D eigenvalue weighted by atomic mass is 32.2. The SMILES string of the molecule is CC(C)n1c(SCC(=O)NC2CCCC2)nnc1-c1cccs1. The summed E-state index contributed by atoms with van der Waals surface area (Å²) in [7, 11) is 0. The lowest BCUT2D eigenvalue weighted by Crippen LogP contribution is -2.33. The lowest BCUT2D eigenvalue weighted by molar-refractivity contribution is -0.119. The standard InChI is InChI=1S/C16H22N4OS2/c1-11(2)20-15(13-8-5-9-22-13)18-19-16(20)23-10-14(21)17-12-6-3-4-7-12/h5,8-9,11-12H,3-4,6-7,10H2,1-2H3,(H,17,21). The van der Waals surface area contributed by atoms with Gasteiger partial charge in [-0.3, -0.25) is 9.36 Å². The molecular formula is C16H22N4OS2. The zero-order valence-corrected chi connectivity index (χ0v) is 15.1. The maximum atomic E-state index is 12.1. The Bertz CT molecular complexity index is 645. The Morgan fingerprint density at radius 2 is 2.22 bits per heavy atom. The number of carbonyl (C=O) groups excluding carboxylic acids is 1. The molecule has 23 heavy (non-hydrogen) atoms. The smallest absolute Gasteiger partial charge is 0.230 e. The lowest BCUT2D eigenvalue weighted by atomic mass is 10.2. The lowest BCUT2D eigenvalue weighted by Gasteiger charge is -2.14. The topological polar surface area (TPSA) is 59.8 Å². The minimum absolute atomic E-state index is 0.0953. The van der Waals surface area contributed by atoms with E-state index in [0.717, 1.165) is 28.7 Å². The third-order valence-electron chi connectivity index (χ3n) is 3.98. The van der Waals surface area contributed by atoms with Gasteiger partial charge >= 0.3 is 0 Å². The van der Waals surface area contributed by atoms with Gasteiger partial charge in [0.15, 0.2) is 11.0 Å². The van der Waals surface area contributed by atoms with Crippen molar-refractivity contribution in [3.63, 3.8) is 0 Å². The minimum Gasteiger partial charge on any atom is -0.353 e. The molecule has 2 aromatic rings. The average Bonchev–Trinajstić information content (AvgIpc) is 3.25. The molecule has 2 aromatic heterocycles. The monoisotopic (exact) mass is 350 g/mol. The molecule has 5 nitrogen and oxygen atoms in total. The van der Waals surface area contributed by atoms with Crippen molar-refractivity contribution in [1.82, 2.24) is 20.1 Å². The molecule has 0 aliphatic heterocycles. The summed E-state index contributed by atoms with van der Waals surface area (Å²) in [6, 6.07) is 4.69. The molecule has 1 fully saturated rings. The fourth-order valence-electron chi connectivity index (χ4n) is 2.88. The predicted molar refractivity (Wildman–Crippen MR) is 94.8 cm³/mol. The van der Waals surface area contributed by atoms with Gasteiger partial charge in [0.1, 0.15) is 0 Å². The second-order valence-electron chi connectivity index (χ2n) is 6.08. The molecular weight excluding hydrogens is 328 g/mol. The van der Waals surface area contributed by atoms with Gasteiger partial charge in [-0.15, -0.1) is 21.5 Å². The second kappa shape index (κ2) is 7.49. The van der Waals surface area contributed by atoms with Gasteiger partial charge in [-0.2, -0.15) is 0 Å². The number of nitrogens with one attached hydrogen (secondary N) is 1. The summed E-state index contributed by atoms with van der Waals surface area (Å²) in [5, 5.41) is 14.6. The molecule has 1 N–H and O–H groups in total. The van der Waals surface area contributed by atoms with E-state index in [-0.39, 0.29) is 11.9 Å². The van der Waals surface area contributed by atoms with Gasteiger partial charge in [-0.1, -0.05) is 30.7 Å². The van der Waals surface area contributed by atoms with Crippen LogP contribution in [0.15, 0.2) is 22.7 Å². The highest BCUT2D eigenvalue weighted by molar-refractivity contribution is 7.99. The van der Waals surface area contributed by atoms with E-state index in [0.29, 0.717) is 11.8 Å². The summed E-state index contributed by atoms with van der Waals surface area (Å²) in [6.45, 7) is 4.23. The van der Waals surface area contributed by atoms with Crippen LogP contribution in [0.4, 0.5) is 0 Å². The maximum Gasteiger partial charge on any atom is 0.230 e. The van der Waals surface area contributed by atoms with Crippen molar-refractivity contribution in [2.45, 2.75) is 56.8 Å². The number of carbonyl (C=O) groups is 1. The van der Waals surface area contributed by atoms with Crippen LogP contribution in [-0.2, 0) is 4.79 Å². The zero-order chi connectivity index (χ0) is 16.2. The van der Waals surface area contributed by atoms with Gasteiger partial charge in [0.25, 0.3) is 0 Å². The Morgan fingerprint density at radius 1 is 1.43 bits per heavy atom. The van der Waals surface area contributed by atoms with Gasteiger partial charge in [0.2, 0.25) is 5.91 Å². The molecule has 0 aromatic carbocycles. The van der Waals surface area contributed by atoms with Crippen LogP contribution >= 0.6 is 23.1 Å². The van der Waals surface area contributed by atoms with Crippen molar-refractivity contribution in [1.29, 1.82) is 0 Å². The summed E-state index contributed by atoms with van der Waals surface area (Å²) in [6.07, 6.45) is 4.68. The number of hydrogen-bond donors (Lipinski definition) is 1. The fourth-order valence-corrected chi connectivity index (χ4v) is 4.47. The van der Waals surface area contributed by atoms with E-state index < -0.39 is 0 Å². The average molecular weight is 351 g/mol. The third-order valence-corrected chi connectivity index (χ3v) is 5.78. The molecule has 2 heterocycles. The molecule has 0 radical (unpaired) electrons. The van der Waals surface area contributed by atoms with Gasteiger partial charge in [0.05, 0.1) is 10.6 Å². The highest BCUT2D eigenvalue weighted by Crippen LogP contribution is 2.30. The first kappa shape index (κ1) is 16.5. The molecule has 1 aliphatic rings. The molecule has 0 spiro atoms. The molecule has 0 atom stereocenters. The molecule has 0 bridgehead atoms. The van der Waals surface area contributed by atoms with Crippen LogP contribution in [0.25, 0.3) is 10.7 Å². The fraction of sp³-hybridized carbons (Fsp3) is 0.562. The van der Waals surface area contributed by atoms with Crippen molar-refractivity contribution in [3.05, 3.63) is 17.5 Å². The van der Waals surface area contributed by atoms with Gasteiger partial charge in [-0.05, 0) is 38.1 Å². The van der Waals surface area contributed by atoms with Crippen molar-refractivity contribution in [2.75, 3.05) is 5.75 Å². The number of nitrogens with zero attached hydrogens (tertiary/aromatic N) is 3. The van der Waals surface area contributed by atoms with E-state index >= 15 is 0 Å².